The van der Waals surface area contributed by atoms with E-state index in [1.54, 1.807) is 0 Å². The number of ketones is 1. The molecule has 2 rings (SSSR count). The predicted octanol–water partition coefficient (Wildman–Crippen LogP) is 1.88. The zero-order chi connectivity index (χ0) is 9.97. The lowest BCUT2D eigenvalue weighted by atomic mass is 10.0. The second-order valence-electron chi connectivity index (χ2n) is 3.40. The molecular weight excluding hydrogens is 200 g/mol. The Morgan fingerprint density at radius 2 is 2.21 bits per heavy atom. The minimum atomic E-state index is -0.134. The van der Waals surface area contributed by atoms with Gasteiger partial charge in [0.05, 0.1) is 0 Å². The van der Waals surface area contributed by atoms with Gasteiger partial charge in [-0.05, 0) is 24.3 Å². The molecule has 1 aliphatic rings. The minimum Gasteiger partial charge on any atom is -0.339 e. The number of thioether (sulfide) groups is 1. The Morgan fingerprint density at radius 3 is 2.79 bits per heavy atom. The lowest BCUT2D eigenvalue weighted by Crippen LogP contribution is -2.08. The van der Waals surface area contributed by atoms with E-state index in [0.717, 1.165) is 24.3 Å². The summed E-state index contributed by atoms with van der Waals surface area (Å²) in [5.74, 6) is 3.35. The smallest absolute Gasteiger partial charge is 0.238 e. The molecule has 0 spiro atoms. The number of nitrogens with zero attached hydrogens (tertiary/aromatic N) is 2. The quantitative estimate of drug-likeness (QED) is 0.700. The topological polar surface area (TPSA) is 56.0 Å². The second kappa shape index (κ2) is 4.13. The van der Waals surface area contributed by atoms with E-state index in [2.05, 4.69) is 10.1 Å². The molecule has 0 saturated carbocycles. The number of Topliss-reactive ketones (excluding diaryl/α,β-unsaturated/α-hetero) is 1. The molecule has 1 aromatic heterocycles. The molecule has 0 amide bonds. The van der Waals surface area contributed by atoms with Crippen LogP contribution in [0.3, 0.4) is 0 Å². The Morgan fingerprint density at radius 1 is 1.50 bits per heavy atom. The fourth-order valence-electron chi connectivity index (χ4n) is 1.49. The summed E-state index contributed by atoms with van der Waals surface area (Å²) in [6.45, 7) is 1.45. The van der Waals surface area contributed by atoms with Crippen LogP contribution in [0.5, 0.6) is 0 Å². The molecule has 1 saturated heterocycles. The summed E-state index contributed by atoms with van der Waals surface area (Å²) >= 11 is 1.95. The van der Waals surface area contributed by atoms with Gasteiger partial charge in [-0.2, -0.15) is 16.7 Å². The molecule has 0 bridgehead atoms. The normalized spacial score (nSPS) is 18.4. The third-order valence-corrected chi connectivity index (χ3v) is 3.38. The van der Waals surface area contributed by atoms with Gasteiger partial charge in [-0.15, -0.1) is 0 Å². The summed E-state index contributed by atoms with van der Waals surface area (Å²) in [5, 5.41) is 3.65. The molecule has 1 aromatic rings. The predicted molar refractivity (Wildman–Crippen MR) is 53.6 cm³/mol. The van der Waals surface area contributed by atoms with Gasteiger partial charge in [0, 0.05) is 12.8 Å². The van der Waals surface area contributed by atoms with E-state index < -0.39 is 0 Å². The Labute approximate surface area is 86.4 Å². The highest BCUT2D eigenvalue weighted by Crippen LogP contribution is 2.30. The van der Waals surface area contributed by atoms with Crippen LogP contribution < -0.4 is 0 Å². The lowest BCUT2D eigenvalue weighted by Gasteiger charge is -2.16. The van der Waals surface area contributed by atoms with Crippen molar-refractivity contribution in [3.8, 4) is 0 Å². The molecule has 0 radical (unpaired) electrons. The molecule has 0 aromatic carbocycles. The molecule has 0 unspecified atom stereocenters. The van der Waals surface area contributed by atoms with E-state index in [4.69, 9.17) is 4.52 Å². The van der Waals surface area contributed by atoms with Gasteiger partial charge in [0.15, 0.2) is 0 Å². The molecule has 0 N–H and O–H groups in total. The first kappa shape index (κ1) is 9.71. The molecule has 4 nitrogen and oxygen atoms in total. The lowest BCUT2D eigenvalue weighted by molar-refractivity contribution is 0.100. The number of carbonyl (C=O) groups is 1. The fraction of sp³-hybridized carbons (Fsp3) is 0.667. The maximum atomic E-state index is 11.0. The highest BCUT2D eigenvalue weighted by Gasteiger charge is 2.22. The van der Waals surface area contributed by atoms with Crippen LogP contribution >= 0.6 is 11.8 Å². The minimum absolute atomic E-state index is 0.134. The Kier molecular flexibility index (Phi) is 2.86. The molecule has 1 aliphatic heterocycles. The van der Waals surface area contributed by atoms with Crippen molar-refractivity contribution in [1.29, 1.82) is 0 Å². The number of aromatic nitrogens is 2. The standard InChI is InChI=1S/C9H12N2O2S/c1-6(12)8-10-9(13-11-8)7-2-4-14-5-3-7/h7H,2-5H2,1H3. The van der Waals surface area contributed by atoms with Crippen molar-refractivity contribution < 1.29 is 9.32 Å². The van der Waals surface area contributed by atoms with Crippen molar-refractivity contribution in [2.45, 2.75) is 25.7 Å². The largest absolute Gasteiger partial charge is 0.339 e. The van der Waals surface area contributed by atoms with Gasteiger partial charge in [0.25, 0.3) is 0 Å². The van der Waals surface area contributed by atoms with Crippen molar-refractivity contribution in [2.24, 2.45) is 0 Å². The van der Waals surface area contributed by atoms with Crippen LogP contribution in [0.4, 0.5) is 0 Å². The third-order valence-electron chi connectivity index (χ3n) is 2.33. The number of carbonyl (C=O) groups excluding carboxylic acids is 1. The molecule has 0 atom stereocenters. The molecule has 76 valence electrons. The second-order valence-corrected chi connectivity index (χ2v) is 4.62. The van der Waals surface area contributed by atoms with Gasteiger partial charge in [0.1, 0.15) is 0 Å². The molecule has 5 heteroatoms. The van der Waals surface area contributed by atoms with Crippen molar-refractivity contribution in [3.63, 3.8) is 0 Å². The summed E-state index contributed by atoms with van der Waals surface area (Å²) in [6.07, 6.45) is 2.15. The van der Waals surface area contributed by atoms with E-state index in [-0.39, 0.29) is 11.6 Å². The number of hydrogen-bond acceptors (Lipinski definition) is 5. The molecule has 0 aliphatic carbocycles. The third kappa shape index (κ3) is 1.97. The van der Waals surface area contributed by atoms with Gasteiger partial charge >= 0.3 is 0 Å². The summed E-state index contributed by atoms with van der Waals surface area (Å²) in [6, 6.07) is 0. The van der Waals surface area contributed by atoms with E-state index in [1.165, 1.54) is 6.92 Å². The maximum absolute atomic E-state index is 11.0. The molecule has 1 fully saturated rings. The van der Waals surface area contributed by atoms with Crippen molar-refractivity contribution in [3.05, 3.63) is 11.7 Å². The average Bonchev–Trinajstić information content (AvgIpc) is 2.68. The van der Waals surface area contributed by atoms with Gasteiger partial charge in [-0.1, -0.05) is 5.16 Å². The van der Waals surface area contributed by atoms with Gasteiger partial charge in [-0.25, -0.2) is 0 Å². The van der Waals surface area contributed by atoms with Crippen LogP contribution in [0.15, 0.2) is 4.52 Å². The van der Waals surface area contributed by atoms with E-state index in [0.29, 0.717) is 11.8 Å². The fourth-order valence-corrected chi connectivity index (χ4v) is 2.60. The molecule has 2 heterocycles. The summed E-state index contributed by atoms with van der Waals surface area (Å²) in [7, 11) is 0. The number of rotatable bonds is 2. The van der Waals surface area contributed by atoms with Crippen LogP contribution in [0.25, 0.3) is 0 Å². The van der Waals surface area contributed by atoms with Gasteiger partial charge in [-0.3, -0.25) is 4.79 Å². The Bertz CT molecular complexity index is 331. The van der Waals surface area contributed by atoms with Crippen LogP contribution in [0.1, 0.15) is 42.2 Å². The summed E-state index contributed by atoms with van der Waals surface area (Å²) < 4.78 is 5.07. The molecule has 14 heavy (non-hydrogen) atoms. The average molecular weight is 212 g/mol. The van der Waals surface area contributed by atoms with E-state index in [9.17, 15) is 4.79 Å². The van der Waals surface area contributed by atoms with Crippen LogP contribution in [0, 0.1) is 0 Å². The zero-order valence-corrected chi connectivity index (χ0v) is 8.84. The van der Waals surface area contributed by atoms with Crippen molar-refractivity contribution >= 4 is 17.5 Å². The maximum Gasteiger partial charge on any atom is 0.238 e. The summed E-state index contributed by atoms with van der Waals surface area (Å²) in [4.78, 5) is 15.0. The van der Waals surface area contributed by atoms with E-state index in [1.807, 2.05) is 11.8 Å². The number of hydrogen-bond donors (Lipinski definition) is 0. The van der Waals surface area contributed by atoms with E-state index >= 15 is 0 Å². The summed E-state index contributed by atoms with van der Waals surface area (Å²) in [5.41, 5.74) is 0. The van der Waals surface area contributed by atoms with Crippen LogP contribution in [-0.4, -0.2) is 27.4 Å². The monoisotopic (exact) mass is 212 g/mol. The van der Waals surface area contributed by atoms with Gasteiger partial charge < -0.3 is 4.52 Å². The highest BCUT2D eigenvalue weighted by molar-refractivity contribution is 7.99. The first-order chi connectivity index (χ1) is 6.77. The van der Waals surface area contributed by atoms with Crippen LogP contribution in [-0.2, 0) is 0 Å². The van der Waals surface area contributed by atoms with Crippen molar-refractivity contribution in [2.75, 3.05) is 11.5 Å². The zero-order valence-electron chi connectivity index (χ0n) is 8.02. The Balaban J connectivity index is 2.11. The first-order valence-electron chi connectivity index (χ1n) is 4.69. The molecular formula is C9H12N2O2S. The highest BCUT2D eigenvalue weighted by atomic mass is 32.2. The first-order valence-corrected chi connectivity index (χ1v) is 5.85. The van der Waals surface area contributed by atoms with Crippen molar-refractivity contribution in [1.82, 2.24) is 10.1 Å². The Hall–Kier alpha value is -0.840. The van der Waals surface area contributed by atoms with Crippen LogP contribution in [0.2, 0.25) is 0 Å². The van der Waals surface area contributed by atoms with Gasteiger partial charge in [0.2, 0.25) is 17.5 Å². The SMILES string of the molecule is CC(=O)c1noc(C2CCSCC2)n1.